The number of nitrogens with zero attached hydrogens (tertiary/aromatic N) is 2. The van der Waals surface area contributed by atoms with Crippen molar-refractivity contribution in [3.8, 4) is 17.2 Å². The van der Waals surface area contributed by atoms with E-state index in [4.69, 9.17) is 14.2 Å². The number of benzene rings is 2. The second kappa shape index (κ2) is 7.44. The van der Waals surface area contributed by atoms with Crippen molar-refractivity contribution in [1.29, 1.82) is 0 Å². The normalized spacial score (nSPS) is 13.8. The third kappa shape index (κ3) is 3.42. The number of hydrogen-bond donors (Lipinski definition) is 0. The molecule has 140 valence electrons. The Kier molecular flexibility index (Phi) is 4.85. The number of hydrogen-bond acceptors (Lipinski definition) is 5. The molecule has 0 bridgehead atoms. The van der Waals surface area contributed by atoms with E-state index in [0.717, 1.165) is 28.9 Å². The molecular weight excluding hydrogens is 364 g/mol. The zero-order chi connectivity index (χ0) is 18.8. The lowest BCUT2D eigenvalue weighted by atomic mass is 10.2. The smallest absolute Gasteiger partial charge is 0.279 e. The van der Waals surface area contributed by atoms with Gasteiger partial charge in [-0.3, -0.25) is 4.79 Å². The molecule has 27 heavy (non-hydrogen) atoms. The summed E-state index contributed by atoms with van der Waals surface area (Å²) in [6, 6.07) is 11.1. The summed E-state index contributed by atoms with van der Waals surface area (Å²) in [4.78, 5) is 17.8. The van der Waals surface area contributed by atoms with Crippen molar-refractivity contribution >= 4 is 27.5 Å². The first kappa shape index (κ1) is 17.6. The lowest BCUT2D eigenvalue weighted by molar-refractivity contribution is 0.0996. The first-order chi connectivity index (χ1) is 13.2. The summed E-state index contributed by atoms with van der Waals surface area (Å²) in [6.07, 6.45) is 0.948. The Bertz CT molecular complexity index is 1070. The number of rotatable bonds is 4. The molecule has 0 atom stereocenters. The zero-order valence-electron chi connectivity index (χ0n) is 15.2. The van der Waals surface area contributed by atoms with Crippen molar-refractivity contribution in [2.24, 2.45) is 4.99 Å². The lowest BCUT2D eigenvalue weighted by Gasteiger charge is -2.18. The van der Waals surface area contributed by atoms with Crippen LogP contribution >= 0.6 is 11.3 Å². The molecule has 0 unspecified atom stereocenters. The number of thiazole rings is 1. The van der Waals surface area contributed by atoms with Gasteiger partial charge in [0.2, 0.25) is 0 Å². The number of fused-ring (bicyclic) bond motifs is 2. The molecule has 0 spiro atoms. The summed E-state index contributed by atoms with van der Waals surface area (Å²) in [7, 11) is 1.64. The Balaban J connectivity index is 1.77. The minimum atomic E-state index is -0.296. The number of aromatic nitrogens is 1. The summed E-state index contributed by atoms with van der Waals surface area (Å²) >= 11 is 1.48. The molecule has 0 aliphatic carbocycles. The van der Waals surface area contributed by atoms with Crippen molar-refractivity contribution in [2.75, 3.05) is 20.3 Å². The van der Waals surface area contributed by atoms with E-state index in [9.17, 15) is 4.79 Å². The minimum Gasteiger partial charge on any atom is -0.497 e. The topological polar surface area (TPSA) is 62.1 Å². The molecule has 0 saturated carbocycles. The fourth-order valence-corrected chi connectivity index (χ4v) is 4.12. The minimum absolute atomic E-state index is 0.296. The van der Waals surface area contributed by atoms with Gasteiger partial charge >= 0.3 is 0 Å². The number of methoxy groups -OCH3 is 1. The van der Waals surface area contributed by atoms with Crippen molar-refractivity contribution < 1.29 is 19.0 Å². The third-order valence-electron chi connectivity index (χ3n) is 4.32. The fraction of sp³-hybridized carbons (Fsp3) is 0.300. The Morgan fingerprint density at radius 2 is 2.00 bits per heavy atom. The highest BCUT2D eigenvalue weighted by atomic mass is 32.1. The van der Waals surface area contributed by atoms with Gasteiger partial charge in [0, 0.05) is 12.1 Å². The molecule has 0 saturated heterocycles. The molecule has 0 fully saturated rings. The molecular formula is C20H20N2O4S. The second-order valence-electron chi connectivity index (χ2n) is 6.15. The standard InChI is InChI=1S/C20H20N2O4S/c1-3-8-22-15-6-5-14(24-2)12-18(15)27-20(22)21-19(23)13-4-7-16-17(11-13)26-10-9-25-16/h4-7,11-12H,3,8-10H2,1-2H3. The van der Waals surface area contributed by atoms with E-state index in [1.54, 1.807) is 25.3 Å². The summed E-state index contributed by atoms with van der Waals surface area (Å²) in [5, 5.41) is 0. The van der Waals surface area contributed by atoms with Gasteiger partial charge < -0.3 is 18.8 Å². The van der Waals surface area contributed by atoms with Crippen molar-refractivity contribution in [3.63, 3.8) is 0 Å². The number of amides is 1. The van der Waals surface area contributed by atoms with Gasteiger partial charge in [0.1, 0.15) is 19.0 Å². The van der Waals surface area contributed by atoms with Gasteiger partial charge in [0.25, 0.3) is 5.91 Å². The van der Waals surface area contributed by atoms with Crippen LogP contribution in [0.4, 0.5) is 0 Å². The predicted molar refractivity (Wildman–Crippen MR) is 104 cm³/mol. The molecule has 7 heteroatoms. The van der Waals surface area contributed by atoms with E-state index in [0.29, 0.717) is 35.1 Å². The van der Waals surface area contributed by atoms with Crippen LogP contribution in [0.3, 0.4) is 0 Å². The highest BCUT2D eigenvalue weighted by Gasteiger charge is 2.15. The Labute approximate surface area is 160 Å². The molecule has 1 amide bonds. The largest absolute Gasteiger partial charge is 0.497 e. The first-order valence-electron chi connectivity index (χ1n) is 8.85. The van der Waals surface area contributed by atoms with Crippen LogP contribution in [0.2, 0.25) is 0 Å². The SMILES string of the molecule is CCCn1c(=NC(=O)c2ccc3c(c2)OCCO3)sc2cc(OC)ccc21. The van der Waals surface area contributed by atoms with E-state index >= 15 is 0 Å². The van der Waals surface area contributed by atoms with Crippen LogP contribution in [-0.4, -0.2) is 30.8 Å². The highest BCUT2D eigenvalue weighted by Crippen LogP contribution is 2.31. The number of ether oxygens (including phenoxy) is 3. The summed E-state index contributed by atoms with van der Waals surface area (Å²) in [5.41, 5.74) is 1.54. The Morgan fingerprint density at radius 1 is 1.19 bits per heavy atom. The molecule has 0 N–H and O–H groups in total. The van der Waals surface area contributed by atoms with Crippen LogP contribution in [0.15, 0.2) is 41.4 Å². The van der Waals surface area contributed by atoms with Crippen LogP contribution in [-0.2, 0) is 6.54 Å². The lowest BCUT2D eigenvalue weighted by Crippen LogP contribution is -2.17. The van der Waals surface area contributed by atoms with Crippen molar-refractivity contribution in [2.45, 2.75) is 19.9 Å². The van der Waals surface area contributed by atoms with Crippen LogP contribution in [0.5, 0.6) is 17.2 Å². The molecule has 2 heterocycles. The maximum atomic E-state index is 12.8. The van der Waals surface area contributed by atoms with Gasteiger partial charge in [0.15, 0.2) is 16.3 Å². The number of aryl methyl sites for hydroxylation is 1. The van der Waals surface area contributed by atoms with Gasteiger partial charge in [-0.15, -0.1) is 0 Å². The van der Waals surface area contributed by atoms with Gasteiger partial charge in [0.05, 0.1) is 17.3 Å². The van der Waals surface area contributed by atoms with Gasteiger partial charge in [-0.25, -0.2) is 0 Å². The monoisotopic (exact) mass is 384 g/mol. The van der Waals surface area contributed by atoms with Crippen LogP contribution in [0, 0.1) is 0 Å². The molecule has 0 radical (unpaired) electrons. The molecule has 1 aliphatic rings. The molecule has 6 nitrogen and oxygen atoms in total. The van der Waals surface area contributed by atoms with Crippen LogP contribution in [0.25, 0.3) is 10.2 Å². The van der Waals surface area contributed by atoms with Gasteiger partial charge in [-0.2, -0.15) is 4.99 Å². The van der Waals surface area contributed by atoms with E-state index in [1.165, 1.54) is 11.3 Å². The maximum Gasteiger partial charge on any atom is 0.279 e. The number of carbonyl (C=O) groups excluding carboxylic acids is 1. The van der Waals surface area contributed by atoms with Gasteiger partial charge in [-0.05, 0) is 42.8 Å². The van der Waals surface area contributed by atoms with E-state index in [-0.39, 0.29) is 5.91 Å². The quantitative estimate of drug-likeness (QED) is 0.689. The summed E-state index contributed by atoms with van der Waals surface area (Å²) in [6.45, 7) is 3.90. The zero-order valence-corrected chi connectivity index (χ0v) is 16.0. The molecule has 1 aliphatic heterocycles. The highest BCUT2D eigenvalue weighted by molar-refractivity contribution is 7.16. The second-order valence-corrected chi connectivity index (χ2v) is 7.15. The third-order valence-corrected chi connectivity index (χ3v) is 5.36. The predicted octanol–water partition coefficient (Wildman–Crippen LogP) is 3.63. The van der Waals surface area contributed by atoms with E-state index in [1.807, 2.05) is 18.2 Å². The van der Waals surface area contributed by atoms with E-state index in [2.05, 4.69) is 16.5 Å². The Hall–Kier alpha value is -2.80. The summed E-state index contributed by atoms with van der Waals surface area (Å²) < 4.78 is 19.5. The maximum absolute atomic E-state index is 12.8. The molecule has 1 aromatic heterocycles. The average molecular weight is 384 g/mol. The molecule has 2 aromatic carbocycles. The van der Waals surface area contributed by atoms with Crippen molar-refractivity contribution in [1.82, 2.24) is 4.57 Å². The fourth-order valence-electron chi connectivity index (χ4n) is 3.03. The number of carbonyl (C=O) groups is 1. The van der Waals surface area contributed by atoms with E-state index < -0.39 is 0 Å². The van der Waals surface area contributed by atoms with Crippen molar-refractivity contribution in [3.05, 3.63) is 46.8 Å². The van der Waals surface area contributed by atoms with Crippen LogP contribution in [0.1, 0.15) is 23.7 Å². The average Bonchev–Trinajstić information content (AvgIpc) is 3.04. The van der Waals surface area contributed by atoms with Crippen LogP contribution < -0.4 is 19.0 Å². The van der Waals surface area contributed by atoms with Gasteiger partial charge in [-0.1, -0.05) is 18.3 Å². The Morgan fingerprint density at radius 3 is 2.78 bits per heavy atom. The first-order valence-corrected chi connectivity index (χ1v) is 9.67. The molecule has 4 rings (SSSR count). The molecule has 3 aromatic rings. The summed E-state index contributed by atoms with van der Waals surface area (Å²) in [5.74, 6) is 1.74.